The van der Waals surface area contributed by atoms with E-state index in [0.717, 1.165) is 5.56 Å². The van der Waals surface area contributed by atoms with E-state index in [-0.39, 0.29) is 17.5 Å². The number of rotatable bonds is 7. The molecule has 1 amide bonds. The van der Waals surface area contributed by atoms with Crippen LogP contribution in [-0.2, 0) is 11.3 Å². The molecule has 0 unspecified atom stereocenters. The third-order valence-electron chi connectivity index (χ3n) is 4.56. The molecule has 0 radical (unpaired) electrons. The zero-order chi connectivity index (χ0) is 20.8. The number of likely N-dealkylation sites (N-methyl/N-ethyl adjacent to an activating group) is 1. The zero-order valence-corrected chi connectivity index (χ0v) is 16.2. The van der Waals surface area contributed by atoms with Crippen molar-refractivity contribution in [2.75, 3.05) is 19.5 Å². The van der Waals surface area contributed by atoms with E-state index in [4.69, 9.17) is 4.74 Å². The average molecular weight is 396 g/mol. The number of hydrogen-bond donors (Lipinski definition) is 1. The fourth-order valence-corrected chi connectivity index (χ4v) is 3.17. The van der Waals surface area contributed by atoms with Crippen LogP contribution in [-0.4, -0.2) is 25.0 Å². The summed E-state index contributed by atoms with van der Waals surface area (Å²) in [6, 6.07) is 19.0. The minimum absolute atomic E-state index is 0.171. The van der Waals surface area contributed by atoms with E-state index in [1.807, 2.05) is 35.2 Å². The summed E-state index contributed by atoms with van der Waals surface area (Å²) in [5, 5.41) is 2.82. The van der Waals surface area contributed by atoms with E-state index in [0.29, 0.717) is 17.8 Å². The summed E-state index contributed by atoms with van der Waals surface area (Å²) in [6.45, 7) is 0.345. The standard InChI is InChI=1S/C23H22F2N2O2/c1-27(15-16-8-13-21(29-2)20(25)14-16)22(17-6-4-3-5-7-17)23(28)26-19-11-9-18(24)10-12-19/h3-14,22H,15H2,1-2H3,(H,26,28)/t22-/m1/s1. The Bertz CT molecular complexity index is 962. The van der Waals surface area contributed by atoms with Crippen molar-refractivity contribution in [2.45, 2.75) is 12.6 Å². The van der Waals surface area contributed by atoms with Gasteiger partial charge in [0.2, 0.25) is 5.91 Å². The number of halogens is 2. The number of methoxy groups -OCH3 is 1. The van der Waals surface area contributed by atoms with Crippen molar-refractivity contribution >= 4 is 11.6 Å². The van der Waals surface area contributed by atoms with Gasteiger partial charge in [0.15, 0.2) is 11.6 Å². The number of hydrogen-bond acceptors (Lipinski definition) is 3. The van der Waals surface area contributed by atoms with E-state index in [1.54, 1.807) is 19.2 Å². The third kappa shape index (κ3) is 5.18. The first-order valence-corrected chi connectivity index (χ1v) is 9.12. The Morgan fingerprint density at radius 2 is 1.72 bits per heavy atom. The highest BCUT2D eigenvalue weighted by Crippen LogP contribution is 2.25. The van der Waals surface area contributed by atoms with Crippen LogP contribution in [0.5, 0.6) is 5.75 Å². The Balaban J connectivity index is 1.83. The average Bonchev–Trinajstić information content (AvgIpc) is 2.71. The summed E-state index contributed by atoms with van der Waals surface area (Å²) < 4.78 is 32.1. The highest BCUT2D eigenvalue weighted by molar-refractivity contribution is 5.95. The minimum atomic E-state index is -0.619. The van der Waals surface area contributed by atoms with Crippen molar-refractivity contribution < 1.29 is 18.3 Å². The molecule has 3 aromatic carbocycles. The lowest BCUT2D eigenvalue weighted by atomic mass is 10.0. The molecule has 0 fully saturated rings. The van der Waals surface area contributed by atoms with Gasteiger partial charge in [0, 0.05) is 12.2 Å². The lowest BCUT2D eigenvalue weighted by Gasteiger charge is -2.28. The molecule has 0 heterocycles. The molecule has 6 heteroatoms. The van der Waals surface area contributed by atoms with Crippen LogP contribution >= 0.6 is 0 Å². The maximum atomic E-state index is 14.1. The molecule has 0 spiro atoms. The van der Waals surface area contributed by atoms with Gasteiger partial charge in [0.25, 0.3) is 0 Å². The topological polar surface area (TPSA) is 41.6 Å². The van der Waals surface area contributed by atoms with Gasteiger partial charge in [0.1, 0.15) is 11.9 Å². The number of carbonyl (C=O) groups is 1. The van der Waals surface area contributed by atoms with Gasteiger partial charge in [-0.1, -0.05) is 36.4 Å². The van der Waals surface area contributed by atoms with Crippen molar-refractivity contribution in [1.82, 2.24) is 4.90 Å². The molecule has 0 saturated heterocycles. The number of ether oxygens (including phenoxy) is 1. The Morgan fingerprint density at radius 3 is 2.34 bits per heavy atom. The van der Waals surface area contributed by atoms with Gasteiger partial charge in [-0.3, -0.25) is 9.69 Å². The molecule has 0 aliphatic heterocycles. The molecule has 3 rings (SSSR count). The van der Waals surface area contributed by atoms with Gasteiger partial charge >= 0.3 is 0 Å². The van der Waals surface area contributed by atoms with Crippen LogP contribution in [0.1, 0.15) is 17.2 Å². The van der Waals surface area contributed by atoms with Crippen LogP contribution in [0.2, 0.25) is 0 Å². The molecular weight excluding hydrogens is 374 g/mol. The molecular formula is C23H22F2N2O2. The van der Waals surface area contributed by atoms with E-state index < -0.39 is 11.9 Å². The summed E-state index contributed by atoms with van der Waals surface area (Å²) in [6.07, 6.45) is 0. The van der Waals surface area contributed by atoms with E-state index in [9.17, 15) is 13.6 Å². The van der Waals surface area contributed by atoms with Crippen LogP contribution < -0.4 is 10.1 Å². The lowest BCUT2D eigenvalue weighted by molar-refractivity contribution is -0.121. The maximum absolute atomic E-state index is 14.1. The zero-order valence-electron chi connectivity index (χ0n) is 16.2. The van der Waals surface area contributed by atoms with Crippen LogP contribution in [0.25, 0.3) is 0 Å². The Hall–Kier alpha value is -3.25. The third-order valence-corrected chi connectivity index (χ3v) is 4.56. The minimum Gasteiger partial charge on any atom is -0.494 e. The fourth-order valence-electron chi connectivity index (χ4n) is 3.17. The molecule has 29 heavy (non-hydrogen) atoms. The van der Waals surface area contributed by atoms with Crippen molar-refractivity contribution in [3.05, 3.63) is 95.6 Å². The Kier molecular flexibility index (Phi) is 6.57. The van der Waals surface area contributed by atoms with Crippen molar-refractivity contribution in [3.8, 4) is 5.75 Å². The number of nitrogens with one attached hydrogen (secondary N) is 1. The van der Waals surface area contributed by atoms with Crippen molar-refractivity contribution in [1.29, 1.82) is 0 Å². The second-order valence-electron chi connectivity index (χ2n) is 6.69. The fraction of sp³-hybridized carbons (Fsp3) is 0.174. The second kappa shape index (κ2) is 9.30. The summed E-state index contributed by atoms with van der Waals surface area (Å²) in [5.74, 6) is -0.920. The smallest absolute Gasteiger partial charge is 0.246 e. The summed E-state index contributed by atoms with van der Waals surface area (Å²) in [7, 11) is 3.21. The first-order chi connectivity index (χ1) is 14.0. The lowest BCUT2D eigenvalue weighted by Crippen LogP contribution is -2.34. The SMILES string of the molecule is COc1ccc(CN(C)[C@@H](C(=O)Nc2ccc(F)cc2)c2ccccc2)cc1F. The number of anilines is 1. The molecule has 1 N–H and O–H groups in total. The first kappa shape index (κ1) is 20.5. The molecule has 0 aromatic heterocycles. The predicted octanol–water partition coefficient (Wildman–Crippen LogP) is 4.79. The molecule has 1 atom stereocenters. The monoisotopic (exact) mass is 396 g/mol. The molecule has 0 bridgehead atoms. The Morgan fingerprint density at radius 1 is 1.03 bits per heavy atom. The van der Waals surface area contributed by atoms with Gasteiger partial charge in [0.05, 0.1) is 7.11 Å². The van der Waals surface area contributed by atoms with Gasteiger partial charge in [-0.15, -0.1) is 0 Å². The van der Waals surface area contributed by atoms with E-state index in [2.05, 4.69) is 5.32 Å². The van der Waals surface area contributed by atoms with Crippen molar-refractivity contribution in [2.24, 2.45) is 0 Å². The molecule has 0 aliphatic carbocycles. The Labute approximate surface area is 168 Å². The molecule has 0 saturated carbocycles. The maximum Gasteiger partial charge on any atom is 0.246 e. The predicted molar refractivity (Wildman–Crippen MR) is 109 cm³/mol. The number of amides is 1. The highest BCUT2D eigenvalue weighted by atomic mass is 19.1. The summed E-state index contributed by atoms with van der Waals surface area (Å²) in [4.78, 5) is 14.9. The van der Waals surface area contributed by atoms with Gasteiger partial charge in [-0.25, -0.2) is 8.78 Å². The van der Waals surface area contributed by atoms with Crippen LogP contribution in [0, 0.1) is 11.6 Å². The molecule has 150 valence electrons. The van der Waals surface area contributed by atoms with Crippen LogP contribution in [0.4, 0.5) is 14.5 Å². The van der Waals surface area contributed by atoms with E-state index in [1.165, 1.54) is 37.4 Å². The number of nitrogens with zero attached hydrogens (tertiary/aromatic N) is 1. The van der Waals surface area contributed by atoms with Gasteiger partial charge in [-0.05, 0) is 54.6 Å². The second-order valence-corrected chi connectivity index (χ2v) is 6.69. The van der Waals surface area contributed by atoms with E-state index >= 15 is 0 Å². The number of carbonyl (C=O) groups excluding carboxylic acids is 1. The molecule has 4 nitrogen and oxygen atoms in total. The first-order valence-electron chi connectivity index (χ1n) is 9.12. The highest BCUT2D eigenvalue weighted by Gasteiger charge is 2.25. The quantitative estimate of drug-likeness (QED) is 0.625. The molecule has 0 aliphatic rings. The normalized spacial score (nSPS) is 11.9. The summed E-state index contributed by atoms with van der Waals surface area (Å²) >= 11 is 0. The molecule has 3 aromatic rings. The van der Waals surface area contributed by atoms with Crippen LogP contribution in [0.15, 0.2) is 72.8 Å². The number of benzene rings is 3. The van der Waals surface area contributed by atoms with Gasteiger partial charge in [-0.2, -0.15) is 0 Å². The van der Waals surface area contributed by atoms with Crippen molar-refractivity contribution in [3.63, 3.8) is 0 Å². The van der Waals surface area contributed by atoms with Gasteiger partial charge < -0.3 is 10.1 Å². The largest absolute Gasteiger partial charge is 0.494 e. The van der Waals surface area contributed by atoms with Crippen LogP contribution in [0.3, 0.4) is 0 Å². The summed E-state index contributed by atoms with van der Waals surface area (Å²) in [5.41, 5.74) is 2.01.